The predicted octanol–water partition coefficient (Wildman–Crippen LogP) is 3.53. The lowest BCUT2D eigenvalue weighted by Crippen LogP contribution is -2.37. The van der Waals surface area contributed by atoms with Crippen LogP contribution < -0.4 is 10.6 Å². The fraction of sp³-hybridized carbons (Fsp3) is 0.179. The number of ether oxygens (including phenoxy) is 1. The number of hydrogen-bond donors (Lipinski definition) is 1. The molecule has 2 N–H and O–H groups in total. The van der Waals surface area contributed by atoms with Gasteiger partial charge >= 0.3 is 0 Å². The molecule has 194 valence electrons. The Hall–Kier alpha value is -4.90. The van der Waals surface area contributed by atoms with Crippen molar-refractivity contribution in [1.82, 2.24) is 29.9 Å². The number of nitrogen functional groups attached to an aromatic ring is 1. The Labute approximate surface area is 222 Å². The highest BCUT2D eigenvalue weighted by molar-refractivity contribution is 5.97. The van der Waals surface area contributed by atoms with Crippen molar-refractivity contribution in [3.8, 4) is 22.5 Å². The molecule has 0 amide bonds. The zero-order valence-corrected chi connectivity index (χ0v) is 20.8. The number of nitrogens with zero attached hydrogens (tertiary/aromatic N) is 7. The van der Waals surface area contributed by atoms with Gasteiger partial charge in [-0.05, 0) is 23.3 Å². The summed E-state index contributed by atoms with van der Waals surface area (Å²) in [5.74, 6) is 0.592. The van der Waals surface area contributed by atoms with Crippen LogP contribution in [0.4, 0.5) is 16.2 Å². The minimum Gasteiger partial charge on any atom is -0.378 e. The molecule has 10 nitrogen and oxygen atoms in total. The van der Waals surface area contributed by atoms with Crippen LogP contribution in [-0.2, 0) is 11.2 Å². The zero-order chi connectivity index (χ0) is 26.8. The summed E-state index contributed by atoms with van der Waals surface area (Å²) in [7, 11) is 0. The summed E-state index contributed by atoms with van der Waals surface area (Å²) in [4.78, 5) is 41.1. The minimum atomic E-state index is -0.542. The van der Waals surface area contributed by atoms with Crippen molar-refractivity contribution in [3.63, 3.8) is 0 Å². The van der Waals surface area contributed by atoms with Crippen LogP contribution in [0.2, 0.25) is 0 Å². The van der Waals surface area contributed by atoms with Crippen LogP contribution >= 0.6 is 0 Å². The molecule has 1 aliphatic rings. The number of morpholine rings is 1. The number of rotatable bonds is 6. The number of anilines is 2. The number of pyridine rings is 2. The number of halogens is 1. The highest BCUT2D eigenvalue weighted by atomic mass is 19.1. The molecule has 1 aliphatic heterocycles. The van der Waals surface area contributed by atoms with Crippen LogP contribution in [0, 0.1) is 5.82 Å². The maximum atomic E-state index is 13.5. The first-order chi connectivity index (χ1) is 19.0. The number of carbonyl (C=O) groups excluding carboxylic acids is 1. The van der Waals surface area contributed by atoms with Crippen molar-refractivity contribution in [2.75, 3.05) is 36.9 Å². The van der Waals surface area contributed by atoms with E-state index in [1.807, 2.05) is 30.3 Å². The minimum absolute atomic E-state index is 0.116. The summed E-state index contributed by atoms with van der Waals surface area (Å²) in [5, 5.41) is 0. The van der Waals surface area contributed by atoms with Gasteiger partial charge < -0.3 is 15.4 Å². The lowest BCUT2D eigenvalue weighted by Gasteiger charge is -2.28. The van der Waals surface area contributed by atoms with Gasteiger partial charge in [0.1, 0.15) is 11.3 Å². The van der Waals surface area contributed by atoms with Gasteiger partial charge in [0, 0.05) is 55.4 Å². The van der Waals surface area contributed by atoms with Gasteiger partial charge in [-0.2, -0.15) is 0 Å². The van der Waals surface area contributed by atoms with Crippen LogP contribution in [0.5, 0.6) is 0 Å². The third-order valence-electron chi connectivity index (χ3n) is 6.41. The Balaban J connectivity index is 1.38. The second kappa shape index (κ2) is 10.5. The molecule has 1 aromatic carbocycles. The number of aromatic nitrogens is 6. The first kappa shape index (κ1) is 24.4. The van der Waals surface area contributed by atoms with Crippen molar-refractivity contribution in [3.05, 3.63) is 84.3 Å². The van der Waals surface area contributed by atoms with E-state index in [2.05, 4.69) is 19.9 Å². The molecule has 0 radical (unpaired) electrons. The molecular weight excluding hydrogens is 499 g/mol. The highest BCUT2D eigenvalue weighted by Crippen LogP contribution is 2.30. The number of Topliss-reactive ketones (excluding diaryl/α,β-unsaturated/α-hetero) is 1. The van der Waals surface area contributed by atoms with E-state index in [0.29, 0.717) is 54.5 Å². The average molecular weight is 523 g/mol. The molecule has 5 aromatic rings. The number of nitrogens with two attached hydrogens (primary N) is 1. The van der Waals surface area contributed by atoms with E-state index in [1.165, 1.54) is 12.3 Å². The van der Waals surface area contributed by atoms with Crippen LogP contribution in [-0.4, -0.2) is 62.0 Å². The second-order valence-electron chi connectivity index (χ2n) is 9.08. The molecule has 4 aromatic heterocycles. The van der Waals surface area contributed by atoms with E-state index in [9.17, 15) is 9.18 Å². The van der Waals surface area contributed by atoms with Gasteiger partial charge in [0.05, 0.1) is 30.5 Å². The predicted molar refractivity (Wildman–Crippen MR) is 143 cm³/mol. The van der Waals surface area contributed by atoms with E-state index in [4.69, 9.17) is 25.4 Å². The maximum absolute atomic E-state index is 13.5. The van der Waals surface area contributed by atoms with Gasteiger partial charge in [-0.25, -0.2) is 24.3 Å². The summed E-state index contributed by atoms with van der Waals surface area (Å²) in [6.45, 7) is 2.57. The summed E-state index contributed by atoms with van der Waals surface area (Å²) < 4.78 is 19.1. The Morgan fingerprint density at radius 3 is 2.51 bits per heavy atom. The van der Waals surface area contributed by atoms with Crippen molar-refractivity contribution in [2.24, 2.45) is 0 Å². The molecule has 0 aliphatic carbocycles. The third-order valence-corrected chi connectivity index (χ3v) is 6.41. The van der Waals surface area contributed by atoms with Gasteiger partial charge in [-0.1, -0.05) is 24.3 Å². The third kappa shape index (κ3) is 5.25. The number of ketones is 1. The normalized spacial score (nSPS) is 13.5. The van der Waals surface area contributed by atoms with E-state index in [0.717, 1.165) is 22.9 Å². The quantitative estimate of drug-likeness (QED) is 0.330. The van der Waals surface area contributed by atoms with Crippen LogP contribution in [0.15, 0.2) is 67.4 Å². The Kier molecular flexibility index (Phi) is 6.55. The fourth-order valence-corrected chi connectivity index (χ4v) is 4.45. The van der Waals surface area contributed by atoms with E-state index < -0.39 is 5.82 Å². The Morgan fingerprint density at radius 1 is 0.923 bits per heavy atom. The van der Waals surface area contributed by atoms with Crippen LogP contribution in [0.1, 0.15) is 15.9 Å². The fourth-order valence-electron chi connectivity index (χ4n) is 4.45. The maximum Gasteiger partial charge on any atom is 0.219 e. The number of benzene rings is 1. The Bertz CT molecular complexity index is 1670. The second-order valence-corrected chi connectivity index (χ2v) is 9.08. The van der Waals surface area contributed by atoms with Crippen LogP contribution in [0.25, 0.3) is 33.5 Å². The molecule has 39 heavy (non-hydrogen) atoms. The van der Waals surface area contributed by atoms with Crippen molar-refractivity contribution >= 4 is 28.6 Å². The molecule has 1 saturated heterocycles. The molecule has 6 rings (SSSR count). The lowest BCUT2D eigenvalue weighted by atomic mass is 9.99. The van der Waals surface area contributed by atoms with Crippen molar-refractivity contribution in [1.29, 1.82) is 0 Å². The molecule has 0 unspecified atom stereocenters. The molecule has 11 heteroatoms. The average Bonchev–Trinajstić information content (AvgIpc) is 2.97. The van der Waals surface area contributed by atoms with Gasteiger partial charge in [0.25, 0.3) is 0 Å². The molecular formula is C28H23FN8O2. The van der Waals surface area contributed by atoms with Gasteiger partial charge in [0.2, 0.25) is 5.95 Å². The molecule has 0 spiro atoms. The summed E-state index contributed by atoms with van der Waals surface area (Å²) in [5.41, 5.74) is 10.4. The van der Waals surface area contributed by atoms with Crippen LogP contribution in [0.3, 0.4) is 0 Å². The zero-order valence-electron chi connectivity index (χ0n) is 20.8. The summed E-state index contributed by atoms with van der Waals surface area (Å²) in [6.07, 6.45) is 7.53. The first-order valence-corrected chi connectivity index (χ1v) is 12.3. The van der Waals surface area contributed by atoms with E-state index in [1.54, 1.807) is 18.6 Å². The largest absolute Gasteiger partial charge is 0.378 e. The molecule has 0 atom stereocenters. The standard InChI is InChI=1S/C28H23FN8O2/c29-22-10-20(12-31-16-22)24(38)9-17-2-1-3-18(8-17)19-11-23-25(32-13-19)27(37-4-6-39-7-5-37)36-26(35-23)21-14-33-28(30)34-15-21/h1-3,8,10-16H,4-7,9H2,(H2,30,33,34). The summed E-state index contributed by atoms with van der Waals surface area (Å²) >= 11 is 0. The van der Waals surface area contributed by atoms with E-state index >= 15 is 0 Å². The summed E-state index contributed by atoms with van der Waals surface area (Å²) in [6, 6.07) is 10.8. The van der Waals surface area contributed by atoms with Gasteiger partial charge in [0.15, 0.2) is 17.4 Å². The Morgan fingerprint density at radius 2 is 1.72 bits per heavy atom. The number of hydrogen-bond acceptors (Lipinski definition) is 10. The monoisotopic (exact) mass is 522 g/mol. The van der Waals surface area contributed by atoms with Crippen molar-refractivity contribution < 1.29 is 13.9 Å². The first-order valence-electron chi connectivity index (χ1n) is 12.3. The van der Waals surface area contributed by atoms with Crippen molar-refractivity contribution in [2.45, 2.75) is 6.42 Å². The molecule has 0 saturated carbocycles. The van der Waals surface area contributed by atoms with Gasteiger partial charge in [-0.15, -0.1) is 0 Å². The molecule has 5 heterocycles. The SMILES string of the molecule is Nc1ncc(-c2nc(N3CCOCC3)c3ncc(-c4cccc(CC(=O)c5cncc(F)c5)c4)cc3n2)cn1. The lowest BCUT2D eigenvalue weighted by molar-refractivity contribution is 0.0992. The molecule has 1 fully saturated rings. The number of fused-ring (bicyclic) bond motifs is 1. The topological polar surface area (TPSA) is 133 Å². The molecule has 0 bridgehead atoms. The van der Waals surface area contributed by atoms with E-state index in [-0.39, 0.29) is 23.7 Å². The number of carbonyl (C=O) groups is 1. The highest BCUT2D eigenvalue weighted by Gasteiger charge is 2.20. The van der Waals surface area contributed by atoms with Gasteiger partial charge in [-0.3, -0.25) is 14.8 Å². The smallest absolute Gasteiger partial charge is 0.219 e.